The molecule has 0 amide bonds. The SMILES string of the molecule is COc1ccc(Br)cc1C=C(C=O)C(C)C. The molecule has 3 heteroatoms. The maximum absolute atomic E-state index is 10.9. The molecule has 0 aliphatic carbocycles. The van der Waals surface area contributed by atoms with Crippen molar-refractivity contribution in [2.45, 2.75) is 13.8 Å². The highest BCUT2D eigenvalue weighted by Crippen LogP contribution is 2.26. The predicted molar refractivity (Wildman–Crippen MR) is 69.6 cm³/mol. The van der Waals surface area contributed by atoms with Crippen LogP contribution >= 0.6 is 15.9 Å². The van der Waals surface area contributed by atoms with Crippen LogP contribution in [0.5, 0.6) is 5.75 Å². The highest BCUT2D eigenvalue weighted by Gasteiger charge is 2.05. The number of benzene rings is 1. The van der Waals surface area contributed by atoms with Crippen molar-refractivity contribution in [1.29, 1.82) is 0 Å². The van der Waals surface area contributed by atoms with E-state index in [0.29, 0.717) is 0 Å². The second-order valence-electron chi connectivity index (χ2n) is 3.80. The van der Waals surface area contributed by atoms with Gasteiger partial charge in [0.2, 0.25) is 0 Å². The van der Waals surface area contributed by atoms with E-state index in [-0.39, 0.29) is 5.92 Å². The van der Waals surface area contributed by atoms with E-state index < -0.39 is 0 Å². The van der Waals surface area contributed by atoms with Crippen molar-refractivity contribution in [2.24, 2.45) is 5.92 Å². The summed E-state index contributed by atoms with van der Waals surface area (Å²) in [4.78, 5) is 10.9. The molecular weight excluding hydrogens is 268 g/mol. The number of methoxy groups -OCH3 is 1. The second kappa shape index (κ2) is 5.85. The molecule has 0 saturated heterocycles. The second-order valence-corrected chi connectivity index (χ2v) is 4.72. The minimum atomic E-state index is 0.209. The van der Waals surface area contributed by atoms with Gasteiger partial charge in [0.15, 0.2) is 0 Å². The van der Waals surface area contributed by atoms with Crippen LogP contribution in [0.4, 0.5) is 0 Å². The van der Waals surface area contributed by atoms with Crippen LogP contribution < -0.4 is 4.74 Å². The van der Waals surface area contributed by atoms with Gasteiger partial charge in [-0.15, -0.1) is 0 Å². The number of hydrogen-bond acceptors (Lipinski definition) is 2. The number of rotatable bonds is 4. The Labute approximate surface area is 104 Å². The maximum Gasteiger partial charge on any atom is 0.146 e. The van der Waals surface area contributed by atoms with Crippen LogP contribution in [0.3, 0.4) is 0 Å². The fourth-order valence-corrected chi connectivity index (χ4v) is 1.71. The summed E-state index contributed by atoms with van der Waals surface area (Å²) >= 11 is 3.40. The number of halogens is 1. The van der Waals surface area contributed by atoms with Crippen molar-refractivity contribution in [1.82, 2.24) is 0 Å². The largest absolute Gasteiger partial charge is 0.496 e. The Kier molecular flexibility index (Phi) is 4.74. The molecule has 0 spiro atoms. The van der Waals surface area contributed by atoms with E-state index >= 15 is 0 Å². The predicted octanol–water partition coefficient (Wildman–Crippen LogP) is 3.70. The van der Waals surface area contributed by atoms with Gasteiger partial charge in [-0.25, -0.2) is 0 Å². The van der Waals surface area contributed by atoms with Gasteiger partial charge in [0.1, 0.15) is 12.0 Å². The van der Waals surface area contributed by atoms with Crippen molar-refractivity contribution in [3.63, 3.8) is 0 Å². The first-order valence-electron chi connectivity index (χ1n) is 5.08. The van der Waals surface area contributed by atoms with E-state index in [1.165, 1.54) is 0 Å². The minimum Gasteiger partial charge on any atom is -0.496 e. The Morgan fingerprint density at radius 2 is 2.12 bits per heavy atom. The summed E-state index contributed by atoms with van der Waals surface area (Å²) in [5.74, 6) is 0.976. The molecule has 0 fully saturated rings. The zero-order valence-electron chi connectivity index (χ0n) is 9.66. The van der Waals surface area contributed by atoms with Crippen molar-refractivity contribution >= 4 is 28.3 Å². The molecule has 0 radical (unpaired) electrons. The lowest BCUT2D eigenvalue weighted by molar-refractivity contribution is -0.105. The molecule has 0 N–H and O–H groups in total. The third kappa shape index (κ3) is 3.20. The van der Waals surface area contributed by atoms with Gasteiger partial charge in [-0.1, -0.05) is 29.8 Å². The van der Waals surface area contributed by atoms with Gasteiger partial charge in [0.05, 0.1) is 7.11 Å². The Hall–Kier alpha value is -1.09. The van der Waals surface area contributed by atoms with Crippen LogP contribution in [0.15, 0.2) is 28.2 Å². The summed E-state index contributed by atoms with van der Waals surface area (Å²) in [6, 6.07) is 5.72. The number of carbonyl (C=O) groups is 1. The van der Waals surface area contributed by atoms with Crippen molar-refractivity contribution in [2.75, 3.05) is 7.11 Å². The van der Waals surface area contributed by atoms with Gasteiger partial charge < -0.3 is 4.74 Å². The number of aldehydes is 1. The van der Waals surface area contributed by atoms with Crippen LogP contribution in [0, 0.1) is 5.92 Å². The Bertz CT molecular complexity index is 408. The highest BCUT2D eigenvalue weighted by molar-refractivity contribution is 9.10. The molecule has 0 unspecified atom stereocenters. The zero-order valence-corrected chi connectivity index (χ0v) is 11.2. The molecule has 0 heterocycles. The van der Waals surface area contributed by atoms with E-state index in [1.807, 2.05) is 38.1 Å². The van der Waals surface area contributed by atoms with Crippen LogP contribution in [-0.2, 0) is 4.79 Å². The first kappa shape index (κ1) is 13.0. The molecule has 86 valence electrons. The fraction of sp³-hybridized carbons (Fsp3) is 0.308. The molecule has 0 aliphatic heterocycles. The van der Waals surface area contributed by atoms with E-state index in [1.54, 1.807) is 7.11 Å². The molecule has 2 nitrogen and oxygen atoms in total. The average molecular weight is 283 g/mol. The minimum absolute atomic E-state index is 0.209. The number of allylic oxidation sites excluding steroid dienone is 1. The van der Waals surface area contributed by atoms with Crippen molar-refractivity contribution in [3.05, 3.63) is 33.8 Å². The standard InChI is InChI=1S/C13H15BrO2/c1-9(2)11(8-15)6-10-7-12(14)4-5-13(10)16-3/h4-9H,1-3H3. The molecule has 0 atom stereocenters. The first-order valence-corrected chi connectivity index (χ1v) is 5.88. The summed E-state index contributed by atoms with van der Waals surface area (Å²) in [6.45, 7) is 3.98. The molecule has 0 aliphatic rings. The molecule has 1 aromatic carbocycles. The average Bonchev–Trinajstić information content (AvgIpc) is 2.25. The zero-order chi connectivity index (χ0) is 12.1. The number of hydrogen-bond donors (Lipinski definition) is 0. The van der Waals surface area contributed by atoms with E-state index in [9.17, 15) is 4.79 Å². The van der Waals surface area contributed by atoms with Crippen LogP contribution in [-0.4, -0.2) is 13.4 Å². The van der Waals surface area contributed by atoms with E-state index in [4.69, 9.17) is 4.74 Å². The maximum atomic E-state index is 10.9. The fourth-order valence-electron chi connectivity index (χ4n) is 1.33. The van der Waals surface area contributed by atoms with Crippen LogP contribution in [0.2, 0.25) is 0 Å². The molecule has 1 rings (SSSR count). The third-order valence-electron chi connectivity index (χ3n) is 2.32. The lowest BCUT2D eigenvalue weighted by atomic mass is 10.0. The smallest absolute Gasteiger partial charge is 0.146 e. The Morgan fingerprint density at radius 3 is 2.62 bits per heavy atom. The normalized spacial score (nSPS) is 11.7. The number of carbonyl (C=O) groups excluding carboxylic acids is 1. The van der Waals surface area contributed by atoms with Crippen molar-refractivity contribution < 1.29 is 9.53 Å². The molecular formula is C13H15BrO2. The summed E-state index contributed by atoms with van der Waals surface area (Å²) < 4.78 is 6.21. The topological polar surface area (TPSA) is 26.3 Å². The van der Waals surface area contributed by atoms with Crippen LogP contribution in [0.25, 0.3) is 6.08 Å². The summed E-state index contributed by atoms with van der Waals surface area (Å²) in [5.41, 5.74) is 1.67. The van der Waals surface area contributed by atoms with Gasteiger partial charge in [-0.3, -0.25) is 4.79 Å². The molecule has 0 saturated carbocycles. The van der Waals surface area contributed by atoms with E-state index in [0.717, 1.165) is 27.6 Å². The third-order valence-corrected chi connectivity index (χ3v) is 2.81. The quantitative estimate of drug-likeness (QED) is 0.622. The van der Waals surface area contributed by atoms with Crippen molar-refractivity contribution in [3.8, 4) is 5.75 Å². The lowest BCUT2D eigenvalue weighted by Gasteiger charge is -2.08. The van der Waals surface area contributed by atoms with Gasteiger partial charge in [0, 0.05) is 10.0 Å². The van der Waals surface area contributed by atoms with Gasteiger partial charge in [-0.05, 0) is 35.8 Å². The molecule has 0 bridgehead atoms. The van der Waals surface area contributed by atoms with Gasteiger partial charge in [-0.2, -0.15) is 0 Å². The Balaban J connectivity index is 3.20. The molecule has 1 aromatic rings. The molecule has 16 heavy (non-hydrogen) atoms. The van der Waals surface area contributed by atoms with E-state index in [2.05, 4.69) is 15.9 Å². The highest BCUT2D eigenvalue weighted by atomic mass is 79.9. The van der Waals surface area contributed by atoms with Crippen LogP contribution in [0.1, 0.15) is 19.4 Å². The summed E-state index contributed by atoms with van der Waals surface area (Å²) in [7, 11) is 1.62. The van der Waals surface area contributed by atoms with Gasteiger partial charge >= 0.3 is 0 Å². The summed E-state index contributed by atoms with van der Waals surface area (Å²) in [5, 5.41) is 0. The van der Waals surface area contributed by atoms with Gasteiger partial charge in [0.25, 0.3) is 0 Å². The lowest BCUT2D eigenvalue weighted by Crippen LogP contribution is -1.96. The Morgan fingerprint density at radius 1 is 1.44 bits per heavy atom. The first-order chi connectivity index (χ1) is 7.58. The molecule has 0 aromatic heterocycles. The summed E-state index contributed by atoms with van der Waals surface area (Å²) in [6.07, 6.45) is 2.76. The number of ether oxygens (including phenoxy) is 1. The monoisotopic (exact) mass is 282 g/mol.